The summed E-state index contributed by atoms with van der Waals surface area (Å²) in [6, 6.07) is 12.4. The van der Waals surface area contributed by atoms with E-state index in [-0.39, 0.29) is 42.9 Å². The normalized spacial score (nSPS) is 15.7. The zero-order chi connectivity index (χ0) is 23.3. The molecule has 10 heteroatoms. The number of amides is 2. The van der Waals surface area contributed by atoms with Gasteiger partial charge in [-0.25, -0.2) is 8.42 Å². The predicted molar refractivity (Wildman–Crippen MR) is 118 cm³/mol. The molecule has 0 aromatic heterocycles. The van der Waals surface area contributed by atoms with Crippen LogP contribution in [0.3, 0.4) is 0 Å². The van der Waals surface area contributed by atoms with Gasteiger partial charge in [-0.1, -0.05) is 18.2 Å². The molecule has 0 radical (unpaired) electrons. The number of rotatable bonds is 7. The maximum Gasteiger partial charge on any atom is 0.251 e. The van der Waals surface area contributed by atoms with Crippen LogP contribution in [0.2, 0.25) is 0 Å². The van der Waals surface area contributed by atoms with E-state index in [1.165, 1.54) is 30.7 Å². The summed E-state index contributed by atoms with van der Waals surface area (Å²) in [5.41, 5.74) is 0.470. The molecule has 1 heterocycles. The Labute approximate surface area is 188 Å². The van der Waals surface area contributed by atoms with Gasteiger partial charge in [-0.15, -0.1) is 0 Å². The zero-order valence-corrected chi connectivity index (χ0v) is 19.1. The van der Waals surface area contributed by atoms with E-state index in [1.807, 2.05) is 0 Å². The fourth-order valence-corrected chi connectivity index (χ4v) is 4.92. The smallest absolute Gasteiger partial charge is 0.251 e. The van der Waals surface area contributed by atoms with Crippen molar-refractivity contribution in [2.45, 2.75) is 17.9 Å². The number of carbonyl (C=O) groups is 2. The molecule has 9 nitrogen and oxygen atoms in total. The molecule has 1 aliphatic heterocycles. The van der Waals surface area contributed by atoms with Gasteiger partial charge in [0.25, 0.3) is 5.91 Å². The largest absolute Gasteiger partial charge is 0.493 e. The van der Waals surface area contributed by atoms with Crippen LogP contribution < -0.4 is 14.8 Å². The van der Waals surface area contributed by atoms with E-state index in [9.17, 15) is 18.0 Å². The molecule has 1 fully saturated rings. The SMILES string of the molecule is COc1ccc(S(=O)(=O)N2CCN(C(=O)[C@H](C)NC(=O)c3ccccc3)CC2)cc1OC. The summed E-state index contributed by atoms with van der Waals surface area (Å²) >= 11 is 0. The number of sulfonamides is 1. The van der Waals surface area contributed by atoms with Gasteiger partial charge in [0.05, 0.1) is 19.1 Å². The predicted octanol–water partition coefficient (Wildman–Crippen LogP) is 1.36. The van der Waals surface area contributed by atoms with Crippen molar-refractivity contribution in [3.8, 4) is 11.5 Å². The van der Waals surface area contributed by atoms with Gasteiger partial charge in [-0.05, 0) is 31.2 Å². The third-order valence-electron chi connectivity index (χ3n) is 5.30. The maximum absolute atomic E-state index is 13.0. The molecule has 1 aliphatic rings. The topological polar surface area (TPSA) is 105 Å². The van der Waals surface area contributed by atoms with E-state index in [1.54, 1.807) is 48.2 Å². The maximum atomic E-state index is 13.0. The van der Waals surface area contributed by atoms with Gasteiger partial charge in [0, 0.05) is 37.8 Å². The van der Waals surface area contributed by atoms with Crippen molar-refractivity contribution >= 4 is 21.8 Å². The van der Waals surface area contributed by atoms with Crippen molar-refractivity contribution in [1.82, 2.24) is 14.5 Å². The van der Waals surface area contributed by atoms with Crippen molar-refractivity contribution < 1.29 is 27.5 Å². The van der Waals surface area contributed by atoms with Crippen LogP contribution in [0.5, 0.6) is 11.5 Å². The van der Waals surface area contributed by atoms with Gasteiger partial charge in [0.1, 0.15) is 6.04 Å². The second kappa shape index (κ2) is 10.0. The molecule has 3 rings (SSSR count). The molecule has 0 unspecified atom stereocenters. The van der Waals surface area contributed by atoms with E-state index in [2.05, 4.69) is 5.32 Å². The minimum absolute atomic E-state index is 0.0958. The van der Waals surface area contributed by atoms with Crippen molar-refractivity contribution in [1.29, 1.82) is 0 Å². The highest BCUT2D eigenvalue weighted by Gasteiger charge is 2.32. The van der Waals surface area contributed by atoms with Crippen molar-refractivity contribution in [2.24, 2.45) is 0 Å². The Kier molecular flexibility index (Phi) is 7.37. The van der Waals surface area contributed by atoms with E-state index >= 15 is 0 Å². The van der Waals surface area contributed by atoms with E-state index in [0.29, 0.717) is 17.1 Å². The Morgan fingerprint density at radius 3 is 2.16 bits per heavy atom. The Morgan fingerprint density at radius 1 is 0.938 bits per heavy atom. The lowest BCUT2D eigenvalue weighted by Gasteiger charge is -2.35. The van der Waals surface area contributed by atoms with Crippen LogP contribution in [-0.4, -0.2) is 75.9 Å². The third-order valence-corrected chi connectivity index (χ3v) is 7.19. The quantitative estimate of drug-likeness (QED) is 0.668. The van der Waals surface area contributed by atoms with E-state index in [4.69, 9.17) is 9.47 Å². The lowest BCUT2D eigenvalue weighted by Crippen LogP contribution is -2.55. The molecule has 172 valence electrons. The van der Waals surface area contributed by atoms with Gasteiger partial charge in [0.15, 0.2) is 11.5 Å². The number of benzene rings is 2. The van der Waals surface area contributed by atoms with Crippen LogP contribution in [0, 0.1) is 0 Å². The average molecular weight is 462 g/mol. The number of piperazine rings is 1. The highest BCUT2D eigenvalue weighted by molar-refractivity contribution is 7.89. The monoisotopic (exact) mass is 461 g/mol. The van der Waals surface area contributed by atoms with Gasteiger partial charge in [-0.2, -0.15) is 4.31 Å². The summed E-state index contributed by atoms with van der Waals surface area (Å²) in [6.45, 7) is 2.40. The van der Waals surface area contributed by atoms with Gasteiger partial charge in [-0.3, -0.25) is 9.59 Å². The first-order valence-electron chi connectivity index (χ1n) is 10.1. The van der Waals surface area contributed by atoms with Crippen LogP contribution in [0.1, 0.15) is 17.3 Å². The summed E-state index contributed by atoms with van der Waals surface area (Å²) in [5, 5.41) is 2.70. The second-order valence-electron chi connectivity index (χ2n) is 7.31. The fourth-order valence-electron chi connectivity index (χ4n) is 3.48. The Morgan fingerprint density at radius 2 is 1.56 bits per heavy atom. The molecule has 32 heavy (non-hydrogen) atoms. The average Bonchev–Trinajstić information content (AvgIpc) is 2.83. The van der Waals surface area contributed by atoms with Gasteiger partial charge < -0.3 is 19.7 Å². The molecule has 1 N–H and O–H groups in total. The number of ether oxygens (including phenoxy) is 2. The summed E-state index contributed by atoms with van der Waals surface area (Å²) in [5.74, 6) is 0.178. The summed E-state index contributed by atoms with van der Waals surface area (Å²) < 4.78 is 37.8. The van der Waals surface area contributed by atoms with Crippen molar-refractivity contribution in [3.05, 3.63) is 54.1 Å². The van der Waals surface area contributed by atoms with Crippen molar-refractivity contribution in [3.63, 3.8) is 0 Å². The number of hydrogen-bond donors (Lipinski definition) is 1. The van der Waals surface area contributed by atoms with Gasteiger partial charge >= 0.3 is 0 Å². The molecule has 0 aliphatic carbocycles. The number of nitrogens with one attached hydrogen (secondary N) is 1. The first kappa shape index (κ1) is 23.6. The molecule has 2 amide bonds. The number of methoxy groups -OCH3 is 2. The zero-order valence-electron chi connectivity index (χ0n) is 18.3. The first-order valence-corrected chi connectivity index (χ1v) is 11.6. The lowest BCUT2D eigenvalue weighted by atomic mass is 10.2. The van der Waals surface area contributed by atoms with Crippen LogP contribution in [0.15, 0.2) is 53.4 Å². The summed E-state index contributed by atoms with van der Waals surface area (Å²) in [4.78, 5) is 26.7. The van der Waals surface area contributed by atoms with Gasteiger partial charge in [0.2, 0.25) is 15.9 Å². The summed E-state index contributed by atoms with van der Waals surface area (Å²) in [7, 11) is -0.835. The number of nitrogens with zero attached hydrogens (tertiary/aromatic N) is 2. The molecule has 0 spiro atoms. The van der Waals surface area contributed by atoms with Crippen LogP contribution in [0.4, 0.5) is 0 Å². The highest BCUT2D eigenvalue weighted by Crippen LogP contribution is 2.30. The van der Waals surface area contributed by atoms with E-state index in [0.717, 1.165) is 0 Å². The molecule has 1 saturated heterocycles. The Hall–Kier alpha value is -3.11. The minimum Gasteiger partial charge on any atom is -0.493 e. The molecule has 0 bridgehead atoms. The Balaban J connectivity index is 1.61. The molecule has 1 atom stereocenters. The Bertz CT molecular complexity index is 1070. The highest BCUT2D eigenvalue weighted by atomic mass is 32.2. The van der Waals surface area contributed by atoms with Crippen LogP contribution in [-0.2, 0) is 14.8 Å². The molecular formula is C22H27N3O6S. The minimum atomic E-state index is -3.75. The molecule has 0 saturated carbocycles. The first-order chi connectivity index (χ1) is 15.3. The van der Waals surface area contributed by atoms with Crippen molar-refractivity contribution in [2.75, 3.05) is 40.4 Å². The van der Waals surface area contributed by atoms with Crippen LogP contribution in [0.25, 0.3) is 0 Å². The molecule has 2 aromatic rings. The molecule has 2 aromatic carbocycles. The summed E-state index contributed by atoms with van der Waals surface area (Å²) in [6.07, 6.45) is 0. The van der Waals surface area contributed by atoms with E-state index < -0.39 is 16.1 Å². The fraction of sp³-hybridized carbons (Fsp3) is 0.364. The standard InChI is InChI=1S/C22H27N3O6S/c1-16(23-21(26)17-7-5-4-6-8-17)22(27)24-11-13-25(14-12-24)32(28,29)18-9-10-19(30-2)20(15-18)31-3/h4-10,15-16H,11-14H2,1-3H3,(H,23,26)/t16-/m0/s1. The number of carbonyl (C=O) groups excluding carboxylic acids is 2. The number of hydrogen-bond acceptors (Lipinski definition) is 6. The van der Waals surface area contributed by atoms with Crippen LogP contribution >= 0.6 is 0 Å². The molecular weight excluding hydrogens is 434 g/mol. The third kappa shape index (κ3) is 5.03. The second-order valence-corrected chi connectivity index (χ2v) is 9.25. The lowest BCUT2D eigenvalue weighted by molar-refractivity contribution is -0.134.